The van der Waals surface area contributed by atoms with Crippen molar-refractivity contribution in [2.75, 3.05) is 21.0 Å². The van der Waals surface area contributed by atoms with Crippen LogP contribution in [0.1, 0.15) is 73.1 Å². The van der Waals surface area contributed by atoms with E-state index in [1.165, 1.54) is 14.2 Å². The molecule has 12 unspecified atom stereocenters. The quantitative estimate of drug-likeness (QED) is 0.251. The highest BCUT2D eigenvalue weighted by molar-refractivity contribution is 5.83. The minimum atomic E-state index is -0.669. The number of rotatable bonds is 10. The van der Waals surface area contributed by atoms with Crippen LogP contribution < -0.4 is 0 Å². The van der Waals surface area contributed by atoms with Gasteiger partial charge in [-0.15, -0.1) is 0 Å². The largest absolute Gasteiger partial charge is 0.469 e. The van der Waals surface area contributed by atoms with Gasteiger partial charge in [0.05, 0.1) is 31.5 Å². The highest BCUT2D eigenvalue weighted by Gasteiger charge is 2.62. The van der Waals surface area contributed by atoms with E-state index >= 15 is 0 Å². The Hall–Kier alpha value is -1.67. The minimum absolute atomic E-state index is 0.0514. The molecular weight excluding hydrogens is 488 g/mol. The molecule has 4 fully saturated rings. The molecule has 4 aliphatic rings. The summed E-state index contributed by atoms with van der Waals surface area (Å²) < 4.78 is 20.8. The Morgan fingerprint density at radius 2 is 1.50 bits per heavy atom. The fourth-order valence-corrected chi connectivity index (χ4v) is 9.12. The van der Waals surface area contributed by atoms with E-state index in [4.69, 9.17) is 18.9 Å². The van der Waals surface area contributed by atoms with Crippen molar-refractivity contribution in [3.8, 4) is 0 Å². The Morgan fingerprint density at radius 1 is 0.868 bits per heavy atom. The second-order valence-corrected chi connectivity index (χ2v) is 13.5. The number of fused-ring (bicyclic) bond motifs is 4. The van der Waals surface area contributed by atoms with Crippen LogP contribution in [0, 0.1) is 65.1 Å². The van der Waals surface area contributed by atoms with Crippen molar-refractivity contribution in [1.82, 2.24) is 0 Å². The number of ether oxygens (including phenoxy) is 4. The van der Waals surface area contributed by atoms with E-state index in [-0.39, 0.29) is 48.9 Å². The smallest absolute Gasteiger partial charge is 0.312 e. The molecule has 4 saturated carbocycles. The van der Waals surface area contributed by atoms with Crippen molar-refractivity contribution in [3.05, 3.63) is 0 Å². The van der Waals surface area contributed by atoms with Crippen LogP contribution in [0.4, 0.5) is 0 Å². The Bertz CT molecular complexity index is 880. The second kappa shape index (κ2) is 11.4. The summed E-state index contributed by atoms with van der Waals surface area (Å²) in [5, 5.41) is 11.0. The molecule has 0 aliphatic heterocycles. The molecule has 0 saturated heterocycles. The van der Waals surface area contributed by atoms with Crippen LogP contribution >= 0.6 is 0 Å². The predicted octanol–water partition coefficient (Wildman–Crippen LogP) is 4.22. The van der Waals surface area contributed by atoms with Crippen molar-refractivity contribution < 1.29 is 38.4 Å². The maximum Gasteiger partial charge on any atom is 0.312 e. The zero-order chi connectivity index (χ0) is 27.9. The second-order valence-electron chi connectivity index (χ2n) is 13.5. The summed E-state index contributed by atoms with van der Waals surface area (Å²) in [7, 11) is 2.86. The molecule has 0 aromatic rings. The lowest BCUT2D eigenvalue weighted by molar-refractivity contribution is -0.171. The van der Waals surface area contributed by atoms with Gasteiger partial charge in [-0.05, 0) is 106 Å². The summed E-state index contributed by atoms with van der Waals surface area (Å²) >= 11 is 0. The average Bonchev–Trinajstić information content (AvgIpc) is 3.58. The van der Waals surface area contributed by atoms with Crippen LogP contribution in [0.5, 0.6) is 0 Å². The molecule has 12 atom stereocenters. The molecule has 0 amide bonds. The number of carbonyl (C=O) groups is 3. The van der Waals surface area contributed by atoms with E-state index in [9.17, 15) is 19.5 Å². The molecule has 4 bridgehead atoms. The van der Waals surface area contributed by atoms with Crippen molar-refractivity contribution in [2.45, 2.75) is 84.8 Å². The third-order valence-corrected chi connectivity index (χ3v) is 10.6. The Labute approximate surface area is 227 Å². The zero-order valence-corrected chi connectivity index (χ0v) is 24.2. The third-order valence-electron chi connectivity index (χ3n) is 10.6. The molecule has 4 aliphatic carbocycles. The standard InChI is InChI=1S/C30H48O8/c1-15-17-10-21(22(11-17)24(31)13-25(32)38-30(3,4)5)18(15)8-9-19-16(2)20-12-23(19)27(26(20)28(33)36-7)29(34)37-14-35-6/h15-24,26-27,31H,8-14H2,1-7H3. The number of hydrogen-bond donors (Lipinski definition) is 1. The molecular formula is C30H48O8. The molecule has 0 spiro atoms. The number of aliphatic hydroxyl groups is 1. The minimum Gasteiger partial charge on any atom is -0.469 e. The summed E-state index contributed by atoms with van der Waals surface area (Å²) in [6.45, 7) is 9.99. The summed E-state index contributed by atoms with van der Waals surface area (Å²) in [6, 6.07) is 0. The lowest BCUT2D eigenvalue weighted by atomic mass is 9.65. The van der Waals surface area contributed by atoms with Crippen molar-refractivity contribution in [1.29, 1.82) is 0 Å². The first kappa shape index (κ1) is 29.3. The van der Waals surface area contributed by atoms with E-state index in [1.54, 1.807) is 0 Å². The Morgan fingerprint density at radius 3 is 2.08 bits per heavy atom. The normalized spacial score (nSPS) is 40.3. The van der Waals surface area contributed by atoms with Crippen LogP contribution in [0.25, 0.3) is 0 Å². The lowest BCUT2D eigenvalue weighted by Crippen LogP contribution is -2.43. The summed E-state index contributed by atoms with van der Waals surface area (Å²) in [5.41, 5.74) is -0.555. The van der Waals surface area contributed by atoms with E-state index in [0.717, 1.165) is 32.1 Å². The highest BCUT2D eigenvalue weighted by Crippen LogP contribution is 2.62. The predicted molar refractivity (Wildman–Crippen MR) is 139 cm³/mol. The summed E-state index contributed by atoms with van der Waals surface area (Å²) in [4.78, 5) is 38.1. The molecule has 38 heavy (non-hydrogen) atoms. The Balaban J connectivity index is 1.41. The highest BCUT2D eigenvalue weighted by atomic mass is 16.7. The molecule has 0 aromatic carbocycles. The van der Waals surface area contributed by atoms with Crippen LogP contribution in [0.2, 0.25) is 0 Å². The van der Waals surface area contributed by atoms with Crippen LogP contribution in [0.15, 0.2) is 0 Å². The molecule has 0 aromatic heterocycles. The van der Waals surface area contributed by atoms with Gasteiger partial charge in [-0.25, -0.2) is 0 Å². The van der Waals surface area contributed by atoms with Gasteiger partial charge in [0.1, 0.15) is 5.60 Å². The Kier molecular flexibility index (Phi) is 8.83. The maximum atomic E-state index is 13.0. The van der Waals surface area contributed by atoms with E-state index in [2.05, 4.69) is 13.8 Å². The zero-order valence-electron chi connectivity index (χ0n) is 24.2. The fraction of sp³-hybridized carbons (Fsp3) is 0.900. The van der Waals surface area contributed by atoms with Gasteiger partial charge >= 0.3 is 17.9 Å². The van der Waals surface area contributed by atoms with Crippen LogP contribution in [0.3, 0.4) is 0 Å². The van der Waals surface area contributed by atoms with E-state index in [1.807, 2.05) is 20.8 Å². The van der Waals surface area contributed by atoms with Gasteiger partial charge in [-0.3, -0.25) is 14.4 Å². The maximum absolute atomic E-state index is 13.0. The summed E-state index contributed by atoms with van der Waals surface area (Å²) in [6.07, 6.45) is 4.36. The molecule has 8 heteroatoms. The van der Waals surface area contributed by atoms with E-state index < -0.39 is 23.5 Å². The van der Waals surface area contributed by atoms with Crippen LogP contribution in [-0.2, 0) is 33.3 Å². The van der Waals surface area contributed by atoms with Gasteiger partial charge in [-0.1, -0.05) is 13.8 Å². The van der Waals surface area contributed by atoms with Gasteiger partial charge in [0.15, 0.2) is 6.79 Å². The molecule has 1 N–H and O–H groups in total. The monoisotopic (exact) mass is 536 g/mol. The number of carbonyl (C=O) groups excluding carboxylic acids is 3. The molecule has 4 rings (SSSR count). The average molecular weight is 537 g/mol. The van der Waals surface area contributed by atoms with Gasteiger partial charge in [-0.2, -0.15) is 0 Å². The van der Waals surface area contributed by atoms with Crippen molar-refractivity contribution >= 4 is 17.9 Å². The first-order valence-electron chi connectivity index (χ1n) is 14.5. The van der Waals surface area contributed by atoms with E-state index in [0.29, 0.717) is 35.5 Å². The fourth-order valence-electron chi connectivity index (χ4n) is 9.12. The van der Waals surface area contributed by atoms with Gasteiger partial charge < -0.3 is 24.1 Å². The number of hydrogen-bond acceptors (Lipinski definition) is 8. The lowest BCUT2D eigenvalue weighted by Gasteiger charge is -2.40. The van der Waals surface area contributed by atoms with Crippen LogP contribution in [-0.4, -0.2) is 55.7 Å². The summed E-state index contributed by atoms with van der Waals surface area (Å²) in [5.74, 6) is 1.17. The SMILES string of the molecule is COCOC(=O)C1C2CC(C(C)C2CCC2C(C)C3CC(C(O)CC(=O)OC(C)(C)C)C2C3)C1C(=O)OC. The molecule has 216 valence electrons. The third kappa shape index (κ3) is 5.63. The molecule has 0 radical (unpaired) electrons. The first-order valence-corrected chi connectivity index (χ1v) is 14.5. The van der Waals surface area contributed by atoms with Gasteiger partial charge in [0.25, 0.3) is 0 Å². The molecule has 8 nitrogen and oxygen atoms in total. The van der Waals surface area contributed by atoms with Gasteiger partial charge in [0, 0.05) is 7.11 Å². The number of aliphatic hydroxyl groups excluding tert-OH is 1. The molecule has 0 heterocycles. The number of methoxy groups -OCH3 is 2. The van der Waals surface area contributed by atoms with Crippen molar-refractivity contribution in [3.63, 3.8) is 0 Å². The van der Waals surface area contributed by atoms with Crippen molar-refractivity contribution in [2.24, 2.45) is 65.1 Å². The first-order chi connectivity index (χ1) is 17.9. The topological polar surface area (TPSA) is 108 Å². The van der Waals surface area contributed by atoms with Gasteiger partial charge in [0.2, 0.25) is 0 Å². The number of esters is 3.